The molecule has 0 bridgehead atoms. The molecule has 1 aromatic rings. The molecule has 5 nitrogen and oxygen atoms in total. The third-order valence-corrected chi connectivity index (χ3v) is 3.29. The molecule has 1 aromatic heterocycles. The van der Waals surface area contributed by atoms with Crippen molar-refractivity contribution in [3.8, 4) is 0 Å². The van der Waals surface area contributed by atoms with Gasteiger partial charge in [-0.25, -0.2) is 0 Å². The normalized spacial score (nSPS) is 22.3. The summed E-state index contributed by atoms with van der Waals surface area (Å²) >= 11 is 0. The Bertz CT molecular complexity index is 422. The smallest absolute Gasteiger partial charge is 0.220 e. The van der Waals surface area contributed by atoms with E-state index in [9.17, 15) is 4.79 Å². The highest BCUT2D eigenvalue weighted by molar-refractivity contribution is 5.76. The highest BCUT2D eigenvalue weighted by Crippen LogP contribution is 2.24. The first kappa shape index (κ1) is 14.1. The van der Waals surface area contributed by atoms with Crippen molar-refractivity contribution in [1.29, 1.82) is 0 Å². The van der Waals surface area contributed by atoms with Gasteiger partial charge in [0, 0.05) is 25.7 Å². The summed E-state index contributed by atoms with van der Waals surface area (Å²) in [7, 11) is 1.90. The highest BCUT2D eigenvalue weighted by Gasteiger charge is 2.31. The average Bonchev–Trinajstić information content (AvgIpc) is 2.66. The van der Waals surface area contributed by atoms with Gasteiger partial charge in [0.15, 0.2) is 0 Å². The number of hydrogen-bond donors (Lipinski definition) is 1. The average molecular weight is 265 g/mol. The first-order valence-corrected chi connectivity index (χ1v) is 6.92. The quantitative estimate of drug-likeness (QED) is 0.850. The van der Waals surface area contributed by atoms with Crippen LogP contribution in [-0.4, -0.2) is 27.8 Å². The Kier molecular flexibility index (Phi) is 4.58. The van der Waals surface area contributed by atoms with Crippen LogP contribution in [0.3, 0.4) is 0 Å². The Morgan fingerprint density at radius 3 is 2.89 bits per heavy atom. The van der Waals surface area contributed by atoms with E-state index in [1.54, 1.807) is 4.68 Å². The van der Waals surface area contributed by atoms with Crippen LogP contribution in [0.15, 0.2) is 12.3 Å². The van der Waals surface area contributed by atoms with Crippen molar-refractivity contribution in [3.05, 3.63) is 18.0 Å². The summed E-state index contributed by atoms with van der Waals surface area (Å²) in [4.78, 5) is 11.6. The number of aromatic nitrogens is 2. The van der Waals surface area contributed by atoms with Crippen molar-refractivity contribution in [2.45, 2.75) is 51.9 Å². The number of carbonyl (C=O) groups excluding carboxylic acids is 1. The molecule has 106 valence electrons. The van der Waals surface area contributed by atoms with Crippen LogP contribution >= 0.6 is 0 Å². The molecule has 1 saturated carbocycles. The number of amides is 1. The first-order valence-electron chi connectivity index (χ1n) is 6.92. The second kappa shape index (κ2) is 6.19. The lowest BCUT2D eigenvalue weighted by Gasteiger charge is -2.35. The van der Waals surface area contributed by atoms with Gasteiger partial charge in [-0.3, -0.25) is 9.48 Å². The summed E-state index contributed by atoms with van der Waals surface area (Å²) in [6.45, 7) is 4.66. The van der Waals surface area contributed by atoms with E-state index in [2.05, 4.69) is 24.3 Å². The molecule has 1 fully saturated rings. The van der Waals surface area contributed by atoms with E-state index in [0.717, 1.165) is 18.5 Å². The molecule has 0 spiro atoms. The van der Waals surface area contributed by atoms with Crippen LogP contribution in [0.1, 0.15) is 38.8 Å². The van der Waals surface area contributed by atoms with Crippen LogP contribution in [0.2, 0.25) is 0 Å². The molecule has 0 saturated heterocycles. The van der Waals surface area contributed by atoms with E-state index >= 15 is 0 Å². The summed E-state index contributed by atoms with van der Waals surface area (Å²) in [6, 6.07) is 2.25. The number of carbonyl (C=O) groups is 1. The summed E-state index contributed by atoms with van der Waals surface area (Å²) < 4.78 is 7.52. The fourth-order valence-electron chi connectivity index (χ4n) is 2.22. The van der Waals surface area contributed by atoms with Crippen molar-refractivity contribution < 1.29 is 9.53 Å². The van der Waals surface area contributed by atoms with Gasteiger partial charge in [-0.2, -0.15) is 5.10 Å². The van der Waals surface area contributed by atoms with Crippen LogP contribution in [0, 0.1) is 5.92 Å². The van der Waals surface area contributed by atoms with Gasteiger partial charge >= 0.3 is 0 Å². The van der Waals surface area contributed by atoms with E-state index < -0.39 is 0 Å². The third-order valence-electron chi connectivity index (χ3n) is 3.29. The largest absolute Gasteiger partial charge is 0.372 e. The zero-order chi connectivity index (χ0) is 13.8. The van der Waals surface area contributed by atoms with Gasteiger partial charge in [0.2, 0.25) is 5.91 Å². The van der Waals surface area contributed by atoms with Crippen molar-refractivity contribution in [2.75, 3.05) is 0 Å². The SMILES string of the molecule is CC(C)CC(=O)NC1CC(OCc2ccn(C)n2)C1. The molecule has 2 rings (SSSR count). The summed E-state index contributed by atoms with van der Waals surface area (Å²) in [5, 5.41) is 7.30. The molecule has 0 radical (unpaired) electrons. The molecule has 1 aliphatic carbocycles. The molecule has 5 heteroatoms. The van der Waals surface area contributed by atoms with Gasteiger partial charge in [0.1, 0.15) is 0 Å². The van der Waals surface area contributed by atoms with Crippen LogP contribution in [0.5, 0.6) is 0 Å². The predicted molar refractivity (Wildman–Crippen MR) is 72.4 cm³/mol. The van der Waals surface area contributed by atoms with Gasteiger partial charge in [-0.05, 0) is 24.8 Å². The lowest BCUT2D eigenvalue weighted by atomic mass is 9.89. The standard InChI is InChI=1S/C14H23N3O2/c1-10(2)6-14(18)15-12-7-13(8-12)19-9-11-4-5-17(3)16-11/h4-5,10,12-13H,6-9H2,1-3H3,(H,15,18). The fraction of sp³-hybridized carbons (Fsp3) is 0.714. The van der Waals surface area contributed by atoms with Gasteiger partial charge < -0.3 is 10.1 Å². The minimum Gasteiger partial charge on any atom is -0.372 e. The Labute approximate surface area is 114 Å². The van der Waals surface area contributed by atoms with E-state index in [-0.39, 0.29) is 12.0 Å². The number of ether oxygens (including phenoxy) is 1. The maximum atomic E-state index is 11.6. The van der Waals surface area contributed by atoms with Crippen molar-refractivity contribution in [1.82, 2.24) is 15.1 Å². The molecule has 0 atom stereocenters. The Morgan fingerprint density at radius 2 is 2.32 bits per heavy atom. The third kappa shape index (κ3) is 4.35. The molecule has 1 N–H and O–H groups in total. The molecule has 1 aliphatic rings. The Balaban J connectivity index is 1.60. The lowest BCUT2D eigenvalue weighted by molar-refractivity contribution is -0.124. The van der Waals surface area contributed by atoms with Crippen molar-refractivity contribution in [3.63, 3.8) is 0 Å². The number of rotatable bonds is 6. The zero-order valence-electron chi connectivity index (χ0n) is 11.9. The van der Waals surface area contributed by atoms with Crippen molar-refractivity contribution in [2.24, 2.45) is 13.0 Å². The molecule has 1 amide bonds. The molecule has 0 aliphatic heterocycles. The second-order valence-electron chi connectivity index (χ2n) is 5.75. The molecule has 19 heavy (non-hydrogen) atoms. The molecule has 0 aromatic carbocycles. The van der Waals surface area contributed by atoms with E-state index in [1.165, 1.54) is 0 Å². The maximum absolute atomic E-state index is 11.6. The van der Waals surface area contributed by atoms with Crippen LogP contribution in [0.4, 0.5) is 0 Å². The lowest BCUT2D eigenvalue weighted by Crippen LogP contribution is -2.47. The monoisotopic (exact) mass is 265 g/mol. The first-order chi connectivity index (χ1) is 9.02. The van der Waals surface area contributed by atoms with E-state index in [1.807, 2.05) is 19.3 Å². The Hall–Kier alpha value is -1.36. The molecular weight excluding hydrogens is 242 g/mol. The molecule has 0 unspecified atom stereocenters. The topological polar surface area (TPSA) is 56.1 Å². The van der Waals surface area contributed by atoms with Gasteiger partial charge in [-0.15, -0.1) is 0 Å². The molecular formula is C14H23N3O2. The van der Waals surface area contributed by atoms with E-state index in [0.29, 0.717) is 25.0 Å². The number of hydrogen-bond acceptors (Lipinski definition) is 3. The number of nitrogens with one attached hydrogen (secondary N) is 1. The summed E-state index contributed by atoms with van der Waals surface area (Å²) in [5.74, 6) is 0.569. The van der Waals surface area contributed by atoms with Gasteiger partial charge in [0.05, 0.1) is 18.4 Å². The second-order valence-corrected chi connectivity index (χ2v) is 5.75. The predicted octanol–water partition coefficient (Wildman–Crippen LogP) is 1.63. The van der Waals surface area contributed by atoms with Crippen LogP contribution < -0.4 is 5.32 Å². The minimum absolute atomic E-state index is 0.156. The number of aryl methyl sites for hydroxylation is 1. The zero-order valence-corrected chi connectivity index (χ0v) is 11.9. The maximum Gasteiger partial charge on any atom is 0.220 e. The van der Waals surface area contributed by atoms with E-state index in [4.69, 9.17) is 4.74 Å². The molecule has 1 heterocycles. The van der Waals surface area contributed by atoms with Gasteiger partial charge in [-0.1, -0.05) is 13.8 Å². The highest BCUT2D eigenvalue weighted by atomic mass is 16.5. The summed E-state index contributed by atoms with van der Waals surface area (Å²) in [6.07, 6.45) is 4.60. The van der Waals surface area contributed by atoms with Crippen LogP contribution in [0.25, 0.3) is 0 Å². The minimum atomic E-state index is 0.156. The number of nitrogens with zero attached hydrogens (tertiary/aromatic N) is 2. The van der Waals surface area contributed by atoms with Crippen molar-refractivity contribution >= 4 is 5.91 Å². The summed E-state index contributed by atoms with van der Waals surface area (Å²) in [5.41, 5.74) is 0.954. The fourth-order valence-corrected chi connectivity index (χ4v) is 2.22. The van der Waals surface area contributed by atoms with Crippen LogP contribution in [-0.2, 0) is 23.2 Å². The Morgan fingerprint density at radius 1 is 1.58 bits per heavy atom. The van der Waals surface area contributed by atoms with Gasteiger partial charge in [0.25, 0.3) is 0 Å².